The van der Waals surface area contributed by atoms with Gasteiger partial charge in [0.25, 0.3) is 0 Å². The molecule has 0 saturated carbocycles. The molecule has 100 valence electrons. The van der Waals surface area contributed by atoms with Gasteiger partial charge in [0.05, 0.1) is 0 Å². The van der Waals surface area contributed by atoms with E-state index in [4.69, 9.17) is 5.11 Å². The van der Waals surface area contributed by atoms with Crippen molar-refractivity contribution in [2.75, 3.05) is 6.61 Å². The van der Waals surface area contributed by atoms with Crippen molar-refractivity contribution in [2.24, 2.45) is 0 Å². The highest BCUT2D eigenvalue weighted by Gasteiger charge is 2.18. The molecule has 0 aliphatic carbocycles. The Morgan fingerprint density at radius 1 is 1.33 bits per heavy atom. The van der Waals surface area contributed by atoms with Gasteiger partial charge in [-0.15, -0.1) is 0 Å². The highest BCUT2D eigenvalue weighted by atomic mass is 16.3. The lowest BCUT2D eigenvalue weighted by Gasteiger charge is -2.29. The van der Waals surface area contributed by atoms with Crippen molar-refractivity contribution in [3.63, 3.8) is 0 Å². The molecule has 0 spiro atoms. The molecule has 0 aromatic heterocycles. The SMILES string of the molecule is CCC(C)N(Cc1ccccc1)C(=O)CCCO. The third-order valence-electron chi connectivity index (χ3n) is 3.19. The maximum absolute atomic E-state index is 12.1. The van der Waals surface area contributed by atoms with Crippen LogP contribution < -0.4 is 0 Å². The van der Waals surface area contributed by atoms with Gasteiger partial charge in [0.2, 0.25) is 5.91 Å². The van der Waals surface area contributed by atoms with Gasteiger partial charge in [-0.05, 0) is 25.3 Å². The lowest BCUT2D eigenvalue weighted by Crippen LogP contribution is -2.37. The zero-order valence-corrected chi connectivity index (χ0v) is 11.3. The summed E-state index contributed by atoms with van der Waals surface area (Å²) in [7, 11) is 0. The van der Waals surface area contributed by atoms with Crippen molar-refractivity contribution < 1.29 is 9.90 Å². The van der Waals surface area contributed by atoms with Crippen LogP contribution in [-0.4, -0.2) is 28.6 Å². The van der Waals surface area contributed by atoms with E-state index in [0.717, 1.165) is 12.0 Å². The van der Waals surface area contributed by atoms with Crippen molar-refractivity contribution in [3.05, 3.63) is 35.9 Å². The van der Waals surface area contributed by atoms with Crippen LogP contribution in [-0.2, 0) is 11.3 Å². The molecule has 1 unspecified atom stereocenters. The molecule has 18 heavy (non-hydrogen) atoms. The first kappa shape index (κ1) is 14.7. The molecule has 1 aromatic carbocycles. The largest absolute Gasteiger partial charge is 0.396 e. The van der Waals surface area contributed by atoms with Crippen LogP contribution >= 0.6 is 0 Å². The molecule has 0 aliphatic rings. The average Bonchev–Trinajstić information content (AvgIpc) is 2.42. The summed E-state index contributed by atoms with van der Waals surface area (Å²) >= 11 is 0. The first-order valence-electron chi connectivity index (χ1n) is 6.63. The zero-order chi connectivity index (χ0) is 13.4. The first-order valence-corrected chi connectivity index (χ1v) is 6.63. The third-order valence-corrected chi connectivity index (χ3v) is 3.19. The standard InChI is InChI=1S/C15H23NO2/c1-3-13(2)16(15(18)10-7-11-17)12-14-8-5-4-6-9-14/h4-6,8-9,13,17H,3,7,10-12H2,1-2H3. The second-order valence-electron chi connectivity index (χ2n) is 4.59. The molecule has 1 atom stereocenters. The van der Waals surface area contributed by atoms with Gasteiger partial charge in [-0.25, -0.2) is 0 Å². The van der Waals surface area contributed by atoms with Crippen molar-refractivity contribution >= 4 is 5.91 Å². The Kier molecular flexibility index (Phi) is 6.44. The Morgan fingerprint density at radius 3 is 2.56 bits per heavy atom. The van der Waals surface area contributed by atoms with E-state index in [2.05, 4.69) is 13.8 Å². The van der Waals surface area contributed by atoms with Crippen molar-refractivity contribution in [1.82, 2.24) is 4.90 Å². The first-order chi connectivity index (χ1) is 8.69. The van der Waals surface area contributed by atoms with Gasteiger partial charge < -0.3 is 10.0 Å². The molecule has 0 heterocycles. The number of nitrogens with zero attached hydrogens (tertiary/aromatic N) is 1. The number of benzene rings is 1. The second-order valence-corrected chi connectivity index (χ2v) is 4.59. The van der Waals surface area contributed by atoms with E-state index in [9.17, 15) is 4.79 Å². The fourth-order valence-corrected chi connectivity index (χ4v) is 1.86. The Balaban J connectivity index is 2.69. The van der Waals surface area contributed by atoms with Crippen LogP contribution in [0.3, 0.4) is 0 Å². The fraction of sp³-hybridized carbons (Fsp3) is 0.533. The summed E-state index contributed by atoms with van der Waals surface area (Å²) < 4.78 is 0. The highest BCUT2D eigenvalue weighted by molar-refractivity contribution is 5.76. The van der Waals surface area contributed by atoms with Crippen LogP contribution in [0.25, 0.3) is 0 Å². The summed E-state index contributed by atoms with van der Waals surface area (Å²) in [5.74, 6) is 0.127. The van der Waals surface area contributed by atoms with E-state index in [1.54, 1.807) is 0 Å². The van der Waals surface area contributed by atoms with Crippen LogP contribution in [0.4, 0.5) is 0 Å². The van der Waals surface area contributed by atoms with Crippen LogP contribution in [0.15, 0.2) is 30.3 Å². The number of amides is 1. The zero-order valence-electron chi connectivity index (χ0n) is 11.3. The summed E-state index contributed by atoms with van der Waals surface area (Å²) in [6.07, 6.45) is 1.91. The number of aliphatic hydroxyl groups is 1. The average molecular weight is 249 g/mol. The van der Waals surface area contributed by atoms with Gasteiger partial charge in [-0.2, -0.15) is 0 Å². The van der Waals surface area contributed by atoms with Gasteiger partial charge in [0, 0.05) is 25.6 Å². The third kappa shape index (κ3) is 4.49. The molecule has 0 aliphatic heterocycles. The van der Waals surface area contributed by atoms with Crippen molar-refractivity contribution in [3.8, 4) is 0 Å². The molecule has 1 N–H and O–H groups in total. The molecule has 1 aromatic rings. The normalized spacial score (nSPS) is 12.2. The number of hydrogen-bond acceptors (Lipinski definition) is 2. The Labute approximate surface area is 109 Å². The second kappa shape index (κ2) is 7.88. The smallest absolute Gasteiger partial charge is 0.223 e. The summed E-state index contributed by atoms with van der Waals surface area (Å²) in [5.41, 5.74) is 1.15. The van der Waals surface area contributed by atoms with Gasteiger partial charge in [0.15, 0.2) is 0 Å². The minimum atomic E-state index is 0.0748. The molecule has 0 radical (unpaired) electrons. The Hall–Kier alpha value is -1.35. The van der Waals surface area contributed by atoms with Crippen LogP contribution in [0.1, 0.15) is 38.7 Å². The molecule has 3 nitrogen and oxygen atoms in total. The predicted octanol–water partition coefficient (Wildman–Crippen LogP) is 2.59. The summed E-state index contributed by atoms with van der Waals surface area (Å²) in [6, 6.07) is 10.3. The van der Waals surface area contributed by atoms with Crippen molar-refractivity contribution in [1.29, 1.82) is 0 Å². The summed E-state index contributed by atoms with van der Waals surface area (Å²) in [6.45, 7) is 4.88. The number of carbonyl (C=O) groups is 1. The van der Waals surface area contributed by atoms with Crippen LogP contribution in [0.5, 0.6) is 0 Å². The van der Waals surface area contributed by atoms with Gasteiger partial charge in [-0.3, -0.25) is 4.79 Å². The lowest BCUT2D eigenvalue weighted by atomic mass is 10.1. The summed E-state index contributed by atoms with van der Waals surface area (Å²) in [5, 5.41) is 8.81. The van der Waals surface area contributed by atoms with Crippen LogP contribution in [0, 0.1) is 0 Å². The molecule has 1 amide bonds. The Morgan fingerprint density at radius 2 is 2.00 bits per heavy atom. The summed E-state index contributed by atoms with van der Waals surface area (Å²) in [4.78, 5) is 14.0. The lowest BCUT2D eigenvalue weighted by molar-refractivity contribution is -0.134. The van der Waals surface area contributed by atoms with E-state index >= 15 is 0 Å². The number of hydrogen-bond donors (Lipinski definition) is 1. The van der Waals surface area contributed by atoms with Gasteiger partial charge >= 0.3 is 0 Å². The van der Waals surface area contributed by atoms with Crippen LogP contribution in [0.2, 0.25) is 0 Å². The minimum absolute atomic E-state index is 0.0748. The molecular weight excluding hydrogens is 226 g/mol. The monoisotopic (exact) mass is 249 g/mol. The molecule has 3 heteroatoms. The molecule has 1 rings (SSSR count). The molecule has 0 bridgehead atoms. The van der Waals surface area contributed by atoms with E-state index in [1.165, 1.54) is 0 Å². The highest BCUT2D eigenvalue weighted by Crippen LogP contribution is 2.12. The minimum Gasteiger partial charge on any atom is -0.396 e. The maximum atomic E-state index is 12.1. The van der Waals surface area contributed by atoms with E-state index in [1.807, 2.05) is 35.2 Å². The predicted molar refractivity (Wildman–Crippen MR) is 73.1 cm³/mol. The fourth-order valence-electron chi connectivity index (χ4n) is 1.86. The van der Waals surface area contributed by atoms with E-state index in [-0.39, 0.29) is 18.6 Å². The van der Waals surface area contributed by atoms with Gasteiger partial charge in [0.1, 0.15) is 0 Å². The topological polar surface area (TPSA) is 40.5 Å². The quantitative estimate of drug-likeness (QED) is 0.807. The number of carbonyl (C=O) groups excluding carboxylic acids is 1. The number of aliphatic hydroxyl groups excluding tert-OH is 1. The van der Waals surface area contributed by atoms with E-state index in [0.29, 0.717) is 19.4 Å². The van der Waals surface area contributed by atoms with Gasteiger partial charge in [-0.1, -0.05) is 37.3 Å². The van der Waals surface area contributed by atoms with Crippen molar-refractivity contribution in [2.45, 2.75) is 45.7 Å². The molecule has 0 fully saturated rings. The van der Waals surface area contributed by atoms with E-state index < -0.39 is 0 Å². The molecular formula is C15H23NO2. The number of rotatable bonds is 7. The maximum Gasteiger partial charge on any atom is 0.223 e. The Bertz CT molecular complexity index is 351. The molecule has 0 saturated heterocycles.